The van der Waals surface area contributed by atoms with Gasteiger partial charge in [0.1, 0.15) is 17.6 Å². The van der Waals surface area contributed by atoms with Gasteiger partial charge >= 0.3 is 0 Å². The summed E-state index contributed by atoms with van der Waals surface area (Å²) >= 11 is 7.66. The van der Waals surface area contributed by atoms with Gasteiger partial charge in [0.05, 0.1) is 5.71 Å². The Balaban J connectivity index is 1.61. The van der Waals surface area contributed by atoms with Gasteiger partial charge in [-0.1, -0.05) is 23.7 Å². The second-order valence-electron chi connectivity index (χ2n) is 6.57. The van der Waals surface area contributed by atoms with Gasteiger partial charge in [0.25, 0.3) is 0 Å². The molecule has 1 atom stereocenters. The molecular weight excluding hydrogens is 392 g/mol. The molecule has 1 aromatic heterocycles. The van der Waals surface area contributed by atoms with Crippen LogP contribution < -0.4 is 0 Å². The van der Waals surface area contributed by atoms with E-state index in [9.17, 15) is 4.79 Å². The topological polar surface area (TPSA) is 45.8 Å². The van der Waals surface area contributed by atoms with Crippen molar-refractivity contribution in [1.29, 1.82) is 0 Å². The zero-order chi connectivity index (χ0) is 19.7. The molecule has 0 saturated carbocycles. The number of hydrazone groups is 1. The number of hydrogen-bond acceptors (Lipinski definition) is 4. The third-order valence-corrected chi connectivity index (χ3v) is 5.74. The third kappa shape index (κ3) is 3.73. The van der Waals surface area contributed by atoms with Crippen LogP contribution in [0, 0.1) is 0 Å². The summed E-state index contributed by atoms with van der Waals surface area (Å²) in [4.78, 5) is 13.4. The van der Waals surface area contributed by atoms with Crippen LogP contribution in [0.2, 0.25) is 5.02 Å². The van der Waals surface area contributed by atoms with Crippen LogP contribution in [0.25, 0.3) is 11.3 Å². The summed E-state index contributed by atoms with van der Waals surface area (Å²) in [5.41, 5.74) is 2.85. The van der Waals surface area contributed by atoms with Crippen LogP contribution in [0.1, 0.15) is 30.7 Å². The van der Waals surface area contributed by atoms with Gasteiger partial charge < -0.3 is 4.42 Å². The number of thioether (sulfide) groups is 1. The predicted octanol–water partition coefficient (Wildman–Crippen LogP) is 6.02. The first kappa shape index (κ1) is 18.8. The highest BCUT2D eigenvalue weighted by Crippen LogP contribution is 2.36. The van der Waals surface area contributed by atoms with Crippen molar-refractivity contribution in [3.05, 3.63) is 77.0 Å². The Morgan fingerprint density at radius 3 is 2.39 bits per heavy atom. The van der Waals surface area contributed by atoms with Gasteiger partial charge in [-0.15, -0.1) is 11.8 Å². The standard InChI is InChI=1S/C22H19ClN2O2S/c1-14(26)25-20(13-19(24-25)15-5-9-18(28-2)10-6-15)22-12-11-21(27-22)16-3-7-17(23)8-4-16/h3-12,20H,13H2,1-2H3. The largest absolute Gasteiger partial charge is 0.459 e. The van der Waals surface area contributed by atoms with Crippen LogP contribution in [0.4, 0.5) is 0 Å². The molecule has 0 radical (unpaired) electrons. The Morgan fingerprint density at radius 1 is 1.07 bits per heavy atom. The zero-order valence-electron chi connectivity index (χ0n) is 15.6. The maximum absolute atomic E-state index is 12.2. The smallest absolute Gasteiger partial charge is 0.240 e. The van der Waals surface area contributed by atoms with Gasteiger partial charge in [-0.2, -0.15) is 5.10 Å². The fraction of sp³-hybridized carbons (Fsp3) is 0.182. The number of nitrogens with zero attached hydrogens (tertiary/aromatic N) is 2. The van der Waals surface area contributed by atoms with E-state index in [4.69, 9.17) is 16.0 Å². The second kappa shape index (κ2) is 7.86. The Bertz CT molecular complexity index is 1030. The van der Waals surface area contributed by atoms with Gasteiger partial charge in [0, 0.05) is 28.8 Å². The first-order chi connectivity index (χ1) is 13.5. The highest BCUT2D eigenvalue weighted by molar-refractivity contribution is 7.98. The molecule has 0 saturated heterocycles. The molecule has 4 nitrogen and oxygen atoms in total. The van der Waals surface area contributed by atoms with Crippen LogP contribution in [0.5, 0.6) is 0 Å². The average Bonchev–Trinajstić information content (AvgIpc) is 3.36. The number of halogens is 1. The quantitative estimate of drug-likeness (QED) is 0.494. The molecule has 3 aromatic rings. The molecule has 4 rings (SSSR count). The fourth-order valence-corrected chi connectivity index (χ4v) is 3.82. The van der Waals surface area contributed by atoms with Crippen molar-refractivity contribution in [2.45, 2.75) is 24.3 Å². The molecule has 1 unspecified atom stereocenters. The average molecular weight is 411 g/mol. The van der Waals surface area contributed by atoms with E-state index in [-0.39, 0.29) is 11.9 Å². The molecule has 2 heterocycles. The van der Waals surface area contributed by atoms with Crippen LogP contribution in [0.15, 0.2) is 75.1 Å². The van der Waals surface area contributed by atoms with Crippen molar-refractivity contribution < 1.29 is 9.21 Å². The lowest BCUT2D eigenvalue weighted by atomic mass is 10.0. The van der Waals surface area contributed by atoms with Gasteiger partial charge in [0.2, 0.25) is 5.91 Å². The van der Waals surface area contributed by atoms with E-state index >= 15 is 0 Å². The van der Waals surface area contributed by atoms with Crippen LogP contribution in [0.3, 0.4) is 0 Å². The lowest BCUT2D eigenvalue weighted by Crippen LogP contribution is -2.23. The van der Waals surface area contributed by atoms with Crippen molar-refractivity contribution in [2.75, 3.05) is 6.26 Å². The minimum Gasteiger partial charge on any atom is -0.459 e. The van der Waals surface area contributed by atoms with Gasteiger partial charge in [-0.3, -0.25) is 4.79 Å². The van der Waals surface area contributed by atoms with Crippen LogP contribution in [-0.2, 0) is 4.79 Å². The normalized spacial score (nSPS) is 16.3. The molecule has 0 bridgehead atoms. The molecule has 2 aromatic carbocycles. The predicted molar refractivity (Wildman–Crippen MR) is 114 cm³/mol. The number of hydrogen-bond donors (Lipinski definition) is 0. The number of furan rings is 1. The van der Waals surface area contributed by atoms with Crippen LogP contribution >= 0.6 is 23.4 Å². The summed E-state index contributed by atoms with van der Waals surface area (Å²) in [6.45, 7) is 1.53. The molecule has 28 heavy (non-hydrogen) atoms. The summed E-state index contributed by atoms with van der Waals surface area (Å²) < 4.78 is 6.08. The number of amides is 1. The van der Waals surface area contributed by atoms with Gasteiger partial charge in [-0.05, 0) is 60.4 Å². The maximum Gasteiger partial charge on any atom is 0.240 e. The summed E-state index contributed by atoms with van der Waals surface area (Å²) in [6.07, 6.45) is 2.66. The summed E-state index contributed by atoms with van der Waals surface area (Å²) in [6, 6.07) is 19.3. The first-order valence-electron chi connectivity index (χ1n) is 8.92. The Hall–Kier alpha value is -2.50. The van der Waals surface area contributed by atoms with Gasteiger partial charge in [0.15, 0.2) is 0 Å². The Morgan fingerprint density at radius 2 is 1.75 bits per heavy atom. The Kier molecular flexibility index (Phi) is 5.29. The molecule has 1 amide bonds. The minimum absolute atomic E-state index is 0.106. The van der Waals surface area contributed by atoms with E-state index in [1.54, 1.807) is 11.8 Å². The number of rotatable bonds is 4. The van der Waals surface area contributed by atoms with Gasteiger partial charge in [-0.25, -0.2) is 5.01 Å². The zero-order valence-corrected chi connectivity index (χ0v) is 17.1. The molecule has 142 valence electrons. The maximum atomic E-state index is 12.2. The van der Waals surface area contributed by atoms with E-state index in [1.165, 1.54) is 16.8 Å². The molecule has 0 fully saturated rings. The van der Waals surface area contributed by atoms with E-state index in [0.29, 0.717) is 11.4 Å². The van der Waals surface area contributed by atoms with E-state index < -0.39 is 0 Å². The Labute approximate surface area is 173 Å². The summed E-state index contributed by atoms with van der Waals surface area (Å²) in [5.74, 6) is 1.36. The highest BCUT2D eigenvalue weighted by Gasteiger charge is 2.33. The van der Waals surface area contributed by atoms with Crippen molar-refractivity contribution in [3.63, 3.8) is 0 Å². The fourth-order valence-electron chi connectivity index (χ4n) is 3.28. The van der Waals surface area contributed by atoms with E-state index in [1.807, 2.05) is 54.8 Å². The van der Waals surface area contributed by atoms with Crippen molar-refractivity contribution in [3.8, 4) is 11.3 Å². The summed E-state index contributed by atoms with van der Waals surface area (Å²) in [7, 11) is 0. The molecule has 1 aliphatic heterocycles. The number of carbonyl (C=O) groups is 1. The molecule has 1 aliphatic rings. The molecule has 6 heteroatoms. The molecule has 0 spiro atoms. The third-order valence-electron chi connectivity index (χ3n) is 4.74. The van der Waals surface area contributed by atoms with E-state index in [0.717, 1.165) is 28.4 Å². The van der Waals surface area contributed by atoms with Crippen molar-refractivity contribution >= 4 is 35.0 Å². The monoisotopic (exact) mass is 410 g/mol. The number of carbonyl (C=O) groups excluding carboxylic acids is 1. The highest BCUT2D eigenvalue weighted by atomic mass is 35.5. The van der Waals surface area contributed by atoms with E-state index in [2.05, 4.69) is 17.2 Å². The minimum atomic E-state index is -0.242. The van der Waals surface area contributed by atoms with Crippen molar-refractivity contribution in [1.82, 2.24) is 5.01 Å². The lowest BCUT2D eigenvalue weighted by molar-refractivity contribution is -0.130. The summed E-state index contributed by atoms with van der Waals surface area (Å²) in [5, 5.41) is 6.78. The molecular formula is C22H19ClN2O2S. The molecule has 0 N–H and O–H groups in total. The number of benzene rings is 2. The van der Waals surface area contributed by atoms with Crippen molar-refractivity contribution in [2.24, 2.45) is 5.10 Å². The molecule has 0 aliphatic carbocycles. The van der Waals surface area contributed by atoms with Crippen LogP contribution in [-0.4, -0.2) is 22.9 Å². The second-order valence-corrected chi connectivity index (χ2v) is 7.88. The lowest BCUT2D eigenvalue weighted by Gasteiger charge is -2.17. The first-order valence-corrected chi connectivity index (χ1v) is 10.5. The SMILES string of the molecule is CSc1ccc(C2=NN(C(C)=O)C(c3ccc(-c4ccc(Cl)cc4)o3)C2)cc1.